The molecule has 20 heavy (non-hydrogen) atoms. The number of hydrogen-bond donors (Lipinski definition) is 1. The van der Waals surface area contributed by atoms with E-state index in [2.05, 4.69) is 0 Å². The van der Waals surface area contributed by atoms with Crippen LogP contribution in [0.3, 0.4) is 0 Å². The predicted octanol–water partition coefficient (Wildman–Crippen LogP) is 4.04. The average molecular weight is 307 g/mol. The van der Waals surface area contributed by atoms with E-state index >= 15 is 0 Å². The lowest BCUT2D eigenvalue weighted by molar-refractivity contribution is -0.140. The van der Waals surface area contributed by atoms with Crippen molar-refractivity contribution in [1.29, 1.82) is 0 Å². The summed E-state index contributed by atoms with van der Waals surface area (Å²) in [4.78, 5) is 9.88. The molecular weight excluding hydrogens is 290 g/mol. The molecule has 1 unspecified atom stereocenters. The van der Waals surface area contributed by atoms with Gasteiger partial charge in [-0.25, -0.2) is 13.6 Å². The van der Waals surface area contributed by atoms with Crippen molar-refractivity contribution in [2.24, 2.45) is 0 Å². The summed E-state index contributed by atoms with van der Waals surface area (Å²) in [6.07, 6.45) is -0.737. The van der Waals surface area contributed by atoms with E-state index in [9.17, 15) is 18.7 Å². The maximum atomic E-state index is 12.0. The van der Waals surface area contributed by atoms with Crippen LogP contribution in [0.1, 0.15) is 31.7 Å². The standard InChI is InChI=1S/C14H17ClF2O3/c1-2-3-8-14(15,13(18)19)10-4-6-11(7-5-10)20-9-12(16)17/h4-7,12H,2-3,8-9H2,1H3,(H,18,19). The number of hydrogen-bond acceptors (Lipinski definition) is 2. The maximum Gasteiger partial charge on any atom is 0.329 e. The number of carboxylic acid groups (broad SMARTS) is 1. The highest BCUT2D eigenvalue weighted by Gasteiger charge is 2.37. The monoisotopic (exact) mass is 306 g/mol. The summed E-state index contributed by atoms with van der Waals surface area (Å²) in [5, 5.41) is 9.30. The van der Waals surface area contributed by atoms with Gasteiger partial charge in [-0.1, -0.05) is 31.9 Å². The van der Waals surface area contributed by atoms with Crippen LogP contribution in [0.15, 0.2) is 24.3 Å². The average Bonchev–Trinajstić information content (AvgIpc) is 2.42. The van der Waals surface area contributed by atoms with Crippen molar-refractivity contribution < 1.29 is 23.4 Å². The summed E-state index contributed by atoms with van der Waals surface area (Å²) < 4.78 is 28.9. The van der Waals surface area contributed by atoms with Crippen molar-refractivity contribution in [2.45, 2.75) is 37.5 Å². The first-order valence-corrected chi connectivity index (χ1v) is 6.71. The van der Waals surface area contributed by atoms with Gasteiger partial charge in [0.15, 0.2) is 4.87 Å². The van der Waals surface area contributed by atoms with E-state index in [0.29, 0.717) is 18.4 Å². The van der Waals surface area contributed by atoms with E-state index in [1.807, 2.05) is 6.92 Å². The lowest BCUT2D eigenvalue weighted by Crippen LogP contribution is -2.29. The highest BCUT2D eigenvalue weighted by atomic mass is 35.5. The Bertz CT molecular complexity index is 437. The molecule has 0 bridgehead atoms. The Labute approximate surface area is 121 Å². The largest absolute Gasteiger partial charge is 0.488 e. The zero-order chi connectivity index (χ0) is 15.2. The Morgan fingerprint density at radius 3 is 2.45 bits per heavy atom. The van der Waals surface area contributed by atoms with Gasteiger partial charge in [-0.2, -0.15) is 0 Å². The van der Waals surface area contributed by atoms with Crippen LogP contribution >= 0.6 is 11.6 Å². The van der Waals surface area contributed by atoms with Gasteiger partial charge in [0.05, 0.1) is 0 Å². The molecule has 112 valence electrons. The van der Waals surface area contributed by atoms with Crippen molar-refractivity contribution >= 4 is 17.6 Å². The summed E-state index contributed by atoms with van der Waals surface area (Å²) >= 11 is 6.20. The molecule has 0 aliphatic carbocycles. The molecule has 0 spiro atoms. The fraction of sp³-hybridized carbons (Fsp3) is 0.500. The summed E-state index contributed by atoms with van der Waals surface area (Å²) in [6.45, 7) is 1.25. The number of ether oxygens (including phenoxy) is 1. The second-order valence-corrected chi connectivity index (χ2v) is 5.08. The number of unbranched alkanes of at least 4 members (excludes halogenated alkanes) is 1. The minimum absolute atomic E-state index is 0.258. The normalized spacial score (nSPS) is 14.1. The van der Waals surface area contributed by atoms with E-state index < -0.39 is 23.9 Å². The Balaban J connectivity index is 2.85. The first kappa shape index (κ1) is 16.7. The minimum atomic E-state index is -2.55. The number of rotatable bonds is 8. The van der Waals surface area contributed by atoms with Gasteiger partial charge < -0.3 is 9.84 Å². The molecule has 0 saturated carbocycles. The minimum Gasteiger partial charge on any atom is -0.488 e. The van der Waals surface area contributed by atoms with Crippen molar-refractivity contribution in [3.8, 4) is 5.75 Å². The van der Waals surface area contributed by atoms with Crippen LogP contribution in [0.25, 0.3) is 0 Å². The summed E-state index contributed by atoms with van der Waals surface area (Å²) in [5.74, 6) is -0.859. The van der Waals surface area contributed by atoms with Gasteiger partial charge in [0.2, 0.25) is 0 Å². The van der Waals surface area contributed by atoms with Crippen molar-refractivity contribution in [3.63, 3.8) is 0 Å². The summed E-state index contributed by atoms with van der Waals surface area (Å²) in [7, 11) is 0. The Morgan fingerprint density at radius 2 is 2.00 bits per heavy atom. The van der Waals surface area contributed by atoms with Gasteiger partial charge >= 0.3 is 5.97 Å². The van der Waals surface area contributed by atoms with Crippen LogP contribution < -0.4 is 4.74 Å². The van der Waals surface area contributed by atoms with Gasteiger partial charge in [0.1, 0.15) is 12.4 Å². The molecule has 0 aromatic heterocycles. The van der Waals surface area contributed by atoms with Crippen LogP contribution in [0.4, 0.5) is 8.78 Å². The third-order valence-corrected chi connectivity index (χ3v) is 3.47. The number of aliphatic carboxylic acids is 1. The zero-order valence-corrected chi connectivity index (χ0v) is 11.9. The number of halogens is 3. The Hall–Kier alpha value is -1.36. The molecule has 0 amide bonds. The molecule has 1 atom stereocenters. The Kier molecular flexibility index (Phi) is 6.20. The molecule has 1 rings (SSSR count). The Morgan fingerprint density at radius 1 is 1.40 bits per heavy atom. The summed E-state index contributed by atoms with van der Waals surface area (Å²) in [5.41, 5.74) is 0.421. The van der Waals surface area contributed by atoms with Crippen LogP contribution in [0.5, 0.6) is 5.75 Å². The highest BCUT2D eigenvalue weighted by molar-refractivity contribution is 6.33. The van der Waals surface area contributed by atoms with Crippen molar-refractivity contribution in [2.75, 3.05) is 6.61 Å². The van der Waals surface area contributed by atoms with Crippen LogP contribution in [0.2, 0.25) is 0 Å². The lowest BCUT2D eigenvalue weighted by Gasteiger charge is -2.22. The summed E-state index contributed by atoms with van der Waals surface area (Å²) in [6, 6.07) is 5.89. The van der Waals surface area contributed by atoms with Gasteiger partial charge in [-0.05, 0) is 24.1 Å². The second kappa shape index (κ2) is 7.43. The van der Waals surface area contributed by atoms with Crippen LogP contribution in [0, 0.1) is 0 Å². The van der Waals surface area contributed by atoms with Crippen LogP contribution in [-0.2, 0) is 9.67 Å². The van der Waals surface area contributed by atoms with Crippen molar-refractivity contribution in [1.82, 2.24) is 0 Å². The smallest absolute Gasteiger partial charge is 0.329 e. The van der Waals surface area contributed by atoms with E-state index in [0.717, 1.165) is 6.42 Å². The molecule has 1 N–H and O–H groups in total. The second-order valence-electron chi connectivity index (χ2n) is 4.44. The number of benzene rings is 1. The molecule has 1 aromatic carbocycles. The maximum absolute atomic E-state index is 12.0. The third-order valence-electron chi connectivity index (χ3n) is 2.90. The molecule has 0 aliphatic heterocycles. The number of carboxylic acids is 1. The van der Waals surface area contributed by atoms with Gasteiger partial charge in [-0.3, -0.25) is 0 Å². The SMILES string of the molecule is CCCCC(Cl)(C(=O)O)c1ccc(OCC(F)F)cc1. The van der Waals surface area contributed by atoms with E-state index in [4.69, 9.17) is 16.3 Å². The van der Waals surface area contributed by atoms with Crippen LogP contribution in [-0.4, -0.2) is 24.1 Å². The number of alkyl halides is 3. The van der Waals surface area contributed by atoms with E-state index in [1.54, 1.807) is 0 Å². The zero-order valence-electron chi connectivity index (χ0n) is 11.1. The number of carbonyl (C=O) groups is 1. The quantitative estimate of drug-likeness (QED) is 0.737. The fourth-order valence-corrected chi connectivity index (χ4v) is 2.03. The van der Waals surface area contributed by atoms with E-state index in [-0.39, 0.29) is 5.75 Å². The fourth-order valence-electron chi connectivity index (χ4n) is 1.77. The van der Waals surface area contributed by atoms with Gasteiger partial charge in [0, 0.05) is 0 Å². The van der Waals surface area contributed by atoms with Gasteiger partial charge in [0.25, 0.3) is 6.43 Å². The third kappa shape index (κ3) is 4.34. The van der Waals surface area contributed by atoms with E-state index in [1.165, 1.54) is 24.3 Å². The van der Waals surface area contributed by atoms with Gasteiger partial charge in [-0.15, -0.1) is 11.6 Å². The molecular formula is C14H17ClF2O3. The molecule has 3 nitrogen and oxygen atoms in total. The highest BCUT2D eigenvalue weighted by Crippen LogP contribution is 2.35. The molecule has 1 aromatic rings. The topological polar surface area (TPSA) is 46.5 Å². The molecule has 0 aliphatic rings. The molecule has 0 fully saturated rings. The molecule has 6 heteroatoms. The predicted molar refractivity (Wildman–Crippen MR) is 72.6 cm³/mol. The molecule has 0 saturated heterocycles. The first-order valence-electron chi connectivity index (χ1n) is 6.34. The molecule has 0 heterocycles. The lowest BCUT2D eigenvalue weighted by atomic mass is 9.92. The van der Waals surface area contributed by atoms with Crippen molar-refractivity contribution in [3.05, 3.63) is 29.8 Å². The molecule has 0 radical (unpaired) electrons. The first-order chi connectivity index (χ1) is 9.40.